The van der Waals surface area contributed by atoms with Gasteiger partial charge in [-0.05, 0) is 73.9 Å². The summed E-state index contributed by atoms with van der Waals surface area (Å²) >= 11 is 3.25. The van der Waals surface area contributed by atoms with Gasteiger partial charge in [0.2, 0.25) is 0 Å². The van der Waals surface area contributed by atoms with E-state index >= 15 is 0 Å². The van der Waals surface area contributed by atoms with Crippen LogP contribution in [0.2, 0.25) is 0 Å². The average Bonchev–Trinajstić information content (AvgIpc) is 3.35. The molecule has 1 N–H and O–H groups in total. The molecule has 1 aliphatic carbocycles. The van der Waals surface area contributed by atoms with Gasteiger partial charge in [0.1, 0.15) is 5.00 Å². The third-order valence-corrected chi connectivity index (χ3v) is 7.14. The van der Waals surface area contributed by atoms with Crippen LogP contribution in [0.15, 0.2) is 46.8 Å². The van der Waals surface area contributed by atoms with Crippen molar-refractivity contribution in [3.63, 3.8) is 0 Å². The molecule has 0 saturated carbocycles. The van der Waals surface area contributed by atoms with Gasteiger partial charge in [0, 0.05) is 21.7 Å². The minimum Gasteiger partial charge on any atom is -0.462 e. The van der Waals surface area contributed by atoms with E-state index < -0.39 is 0 Å². The Balaban J connectivity index is 1.60. The number of aryl methyl sites for hydroxylation is 1. The summed E-state index contributed by atoms with van der Waals surface area (Å²) in [7, 11) is 0. The summed E-state index contributed by atoms with van der Waals surface area (Å²) in [5, 5.41) is 5.77. The number of esters is 1. The zero-order chi connectivity index (χ0) is 21.6. The van der Waals surface area contributed by atoms with E-state index in [4.69, 9.17) is 4.74 Å². The Bertz CT molecular complexity index is 1080. The van der Waals surface area contributed by atoms with Gasteiger partial charge in [-0.15, -0.1) is 22.7 Å². The van der Waals surface area contributed by atoms with Gasteiger partial charge >= 0.3 is 5.97 Å². The van der Waals surface area contributed by atoms with Crippen molar-refractivity contribution in [2.24, 2.45) is 4.99 Å². The number of fused-ring (bicyclic) bond motifs is 1. The number of aliphatic imine (C=N–C) groups is 1. The van der Waals surface area contributed by atoms with E-state index in [-0.39, 0.29) is 11.9 Å². The van der Waals surface area contributed by atoms with Crippen LogP contribution in [0.5, 0.6) is 0 Å². The van der Waals surface area contributed by atoms with E-state index in [1.807, 2.05) is 23.7 Å². The molecule has 4 rings (SSSR count). The summed E-state index contributed by atoms with van der Waals surface area (Å²) in [5.74, 6) is -0.518. The Morgan fingerprint density at radius 3 is 2.68 bits per heavy atom. The molecule has 2 aromatic heterocycles. The topological polar surface area (TPSA) is 67.8 Å². The van der Waals surface area contributed by atoms with Crippen LogP contribution >= 0.6 is 22.7 Å². The molecule has 5 nitrogen and oxygen atoms in total. The van der Waals surface area contributed by atoms with Gasteiger partial charge in [-0.1, -0.05) is 12.5 Å². The van der Waals surface area contributed by atoms with Crippen LogP contribution < -0.4 is 5.32 Å². The van der Waals surface area contributed by atoms with Crippen molar-refractivity contribution in [3.8, 4) is 0 Å². The Labute approximate surface area is 189 Å². The molecule has 1 aliphatic rings. The van der Waals surface area contributed by atoms with Crippen molar-refractivity contribution in [2.75, 3.05) is 11.9 Å². The van der Waals surface area contributed by atoms with Gasteiger partial charge in [-0.25, -0.2) is 9.79 Å². The Morgan fingerprint density at radius 1 is 1.13 bits per heavy atom. The molecule has 0 spiro atoms. The number of nitrogens with one attached hydrogen (secondary N) is 1. The first-order chi connectivity index (χ1) is 15.2. The fourth-order valence-electron chi connectivity index (χ4n) is 3.64. The van der Waals surface area contributed by atoms with Crippen molar-refractivity contribution >= 4 is 51.5 Å². The predicted molar refractivity (Wildman–Crippen MR) is 128 cm³/mol. The van der Waals surface area contributed by atoms with Crippen molar-refractivity contribution in [1.29, 1.82) is 0 Å². The maximum absolute atomic E-state index is 13.3. The van der Waals surface area contributed by atoms with Gasteiger partial charge in [0.25, 0.3) is 5.91 Å². The lowest BCUT2D eigenvalue weighted by molar-refractivity contribution is 0.0526. The second kappa shape index (κ2) is 10.0. The van der Waals surface area contributed by atoms with Crippen LogP contribution in [0.4, 0.5) is 10.7 Å². The number of anilines is 1. The van der Waals surface area contributed by atoms with Crippen LogP contribution in [0.3, 0.4) is 0 Å². The predicted octanol–water partition coefficient (Wildman–Crippen LogP) is 6.26. The Hall–Kier alpha value is -2.77. The standard InChI is InChI=1S/C24H24N2O3S2/c1-2-29-24(28)16-10-12-17(13-11-16)26-22(27)21-19-8-4-3-5-9-20(19)31-23(21)25-15-18-7-6-14-30-18/h6-7,10-15H,2-5,8-9H2,1H3,(H,26,27)/b25-15+. The van der Waals surface area contributed by atoms with Gasteiger partial charge in [-0.3, -0.25) is 4.79 Å². The number of amides is 1. The quantitative estimate of drug-likeness (QED) is 0.273. The normalized spacial score (nSPS) is 13.6. The maximum Gasteiger partial charge on any atom is 0.338 e. The number of carbonyl (C=O) groups is 2. The molecular formula is C24H24N2O3S2. The second-order valence-corrected chi connectivity index (χ2v) is 9.33. The third kappa shape index (κ3) is 5.11. The molecule has 0 fully saturated rings. The molecule has 0 saturated heterocycles. The molecule has 7 heteroatoms. The average molecular weight is 453 g/mol. The van der Waals surface area contributed by atoms with E-state index in [0.29, 0.717) is 23.4 Å². The van der Waals surface area contributed by atoms with E-state index in [1.165, 1.54) is 11.3 Å². The van der Waals surface area contributed by atoms with Crippen LogP contribution in [0, 0.1) is 0 Å². The monoisotopic (exact) mass is 452 g/mol. The van der Waals surface area contributed by atoms with Crippen molar-refractivity contribution < 1.29 is 14.3 Å². The number of benzene rings is 1. The molecule has 0 bridgehead atoms. The van der Waals surface area contributed by atoms with Gasteiger partial charge in [0.05, 0.1) is 17.7 Å². The van der Waals surface area contributed by atoms with E-state index in [1.54, 1.807) is 53.9 Å². The molecule has 0 unspecified atom stereocenters. The number of hydrogen-bond donors (Lipinski definition) is 1. The van der Waals surface area contributed by atoms with E-state index in [9.17, 15) is 9.59 Å². The van der Waals surface area contributed by atoms with Crippen molar-refractivity contribution in [3.05, 3.63) is 68.2 Å². The first kappa shape index (κ1) is 21.5. The number of carbonyl (C=O) groups excluding carboxylic acids is 2. The first-order valence-electron chi connectivity index (χ1n) is 10.5. The van der Waals surface area contributed by atoms with Crippen LogP contribution in [0.1, 0.15) is 62.2 Å². The summed E-state index contributed by atoms with van der Waals surface area (Å²) in [6.45, 7) is 2.10. The third-order valence-electron chi connectivity index (χ3n) is 5.14. The molecule has 31 heavy (non-hydrogen) atoms. The number of nitrogens with zero attached hydrogens (tertiary/aromatic N) is 1. The zero-order valence-electron chi connectivity index (χ0n) is 17.3. The smallest absolute Gasteiger partial charge is 0.338 e. The minimum absolute atomic E-state index is 0.151. The van der Waals surface area contributed by atoms with Crippen LogP contribution in [-0.4, -0.2) is 24.7 Å². The highest BCUT2D eigenvalue weighted by Crippen LogP contribution is 2.39. The minimum atomic E-state index is -0.367. The van der Waals surface area contributed by atoms with Gasteiger partial charge in [0.15, 0.2) is 0 Å². The Morgan fingerprint density at radius 2 is 1.94 bits per heavy atom. The van der Waals surface area contributed by atoms with E-state index in [0.717, 1.165) is 41.1 Å². The van der Waals surface area contributed by atoms with Gasteiger partial charge < -0.3 is 10.1 Å². The SMILES string of the molecule is CCOC(=O)c1ccc(NC(=O)c2c(/N=C/c3cccs3)sc3c2CCCCC3)cc1. The first-order valence-corrected chi connectivity index (χ1v) is 12.2. The molecule has 160 valence electrons. The lowest BCUT2D eigenvalue weighted by Crippen LogP contribution is -2.14. The molecule has 3 aromatic rings. The highest BCUT2D eigenvalue weighted by Gasteiger charge is 2.24. The summed E-state index contributed by atoms with van der Waals surface area (Å²) < 4.78 is 5.02. The largest absolute Gasteiger partial charge is 0.462 e. The number of rotatable bonds is 6. The lowest BCUT2D eigenvalue weighted by Gasteiger charge is -2.09. The molecule has 0 aliphatic heterocycles. The fraction of sp³-hybridized carbons (Fsp3) is 0.292. The zero-order valence-corrected chi connectivity index (χ0v) is 19.0. The number of ether oxygens (including phenoxy) is 1. The van der Waals surface area contributed by atoms with Crippen molar-refractivity contribution in [2.45, 2.75) is 39.0 Å². The highest BCUT2D eigenvalue weighted by atomic mass is 32.1. The van der Waals surface area contributed by atoms with Crippen LogP contribution in [-0.2, 0) is 17.6 Å². The highest BCUT2D eigenvalue weighted by molar-refractivity contribution is 7.16. The molecule has 1 aromatic carbocycles. The number of hydrogen-bond acceptors (Lipinski definition) is 6. The van der Waals surface area contributed by atoms with Crippen LogP contribution in [0.25, 0.3) is 0 Å². The lowest BCUT2D eigenvalue weighted by atomic mass is 10.0. The van der Waals surface area contributed by atoms with Gasteiger partial charge in [-0.2, -0.15) is 0 Å². The summed E-state index contributed by atoms with van der Waals surface area (Å²) in [5.41, 5.74) is 2.93. The Kier molecular flexibility index (Phi) is 6.94. The molecule has 2 heterocycles. The van der Waals surface area contributed by atoms with Crippen molar-refractivity contribution in [1.82, 2.24) is 0 Å². The summed E-state index contributed by atoms with van der Waals surface area (Å²) in [6.07, 6.45) is 7.17. The summed E-state index contributed by atoms with van der Waals surface area (Å²) in [6, 6.07) is 10.8. The molecule has 0 radical (unpaired) electrons. The second-order valence-electron chi connectivity index (χ2n) is 7.27. The fourth-order valence-corrected chi connectivity index (χ4v) is 5.45. The maximum atomic E-state index is 13.3. The molecule has 0 atom stereocenters. The summed E-state index contributed by atoms with van der Waals surface area (Å²) in [4.78, 5) is 32.2. The number of thiophene rings is 2. The van der Waals surface area contributed by atoms with E-state index in [2.05, 4.69) is 10.3 Å². The molecular weight excluding hydrogens is 428 g/mol. The molecule has 1 amide bonds.